The average molecular weight is 349 g/mol. The van der Waals surface area contributed by atoms with E-state index in [0.717, 1.165) is 30.2 Å². The number of ether oxygens (including phenoxy) is 1. The first-order valence-corrected chi connectivity index (χ1v) is 8.67. The molecule has 0 bridgehead atoms. The number of rotatable bonds is 5. The monoisotopic (exact) mass is 349 g/mol. The molecule has 2 aliphatic rings. The van der Waals surface area contributed by atoms with Crippen LogP contribution in [0.5, 0.6) is 0 Å². The number of nitrogens with one attached hydrogen (secondary N) is 2. The van der Waals surface area contributed by atoms with Crippen LogP contribution in [0.4, 0.5) is 4.79 Å². The molecule has 0 saturated carbocycles. The molecule has 25 heavy (non-hydrogen) atoms. The molecule has 0 aliphatic carbocycles. The second-order valence-electron chi connectivity index (χ2n) is 7.45. The fraction of sp³-hybridized carbons (Fsp3) is 0.706. The van der Waals surface area contributed by atoms with Crippen LogP contribution in [0.25, 0.3) is 0 Å². The molecule has 2 N–H and O–H groups in total. The summed E-state index contributed by atoms with van der Waals surface area (Å²) in [6.07, 6.45) is 0.962. The van der Waals surface area contributed by atoms with Gasteiger partial charge in [0.1, 0.15) is 11.4 Å². The van der Waals surface area contributed by atoms with E-state index in [-0.39, 0.29) is 24.1 Å². The van der Waals surface area contributed by atoms with Gasteiger partial charge in [0.2, 0.25) is 0 Å². The van der Waals surface area contributed by atoms with Crippen LogP contribution in [0.2, 0.25) is 0 Å². The summed E-state index contributed by atoms with van der Waals surface area (Å²) < 4.78 is 5.53. The van der Waals surface area contributed by atoms with E-state index < -0.39 is 5.54 Å². The summed E-state index contributed by atoms with van der Waals surface area (Å²) in [5.41, 5.74) is 1.23. The van der Waals surface area contributed by atoms with Gasteiger partial charge >= 0.3 is 6.03 Å². The number of imidazole rings is 1. The van der Waals surface area contributed by atoms with Gasteiger partial charge in [-0.3, -0.25) is 14.6 Å². The summed E-state index contributed by atoms with van der Waals surface area (Å²) in [5, 5.41) is 2.72. The molecule has 1 aromatic rings. The maximum Gasteiger partial charge on any atom is 0.325 e. The molecule has 2 fully saturated rings. The van der Waals surface area contributed by atoms with E-state index in [1.54, 1.807) is 21.0 Å². The van der Waals surface area contributed by atoms with Crippen LogP contribution < -0.4 is 5.32 Å². The number of methoxy groups -OCH3 is 1. The number of hydrogen-bond donors (Lipinski definition) is 2. The Labute approximate surface area is 147 Å². The average Bonchev–Trinajstić information content (AvgIpc) is 3.15. The second-order valence-corrected chi connectivity index (χ2v) is 7.45. The molecule has 8 nitrogen and oxygen atoms in total. The maximum atomic E-state index is 12.3. The third-order valence-electron chi connectivity index (χ3n) is 5.22. The van der Waals surface area contributed by atoms with Gasteiger partial charge in [0.25, 0.3) is 5.91 Å². The highest BCUT2D eigenvalue weighted by Gasteiger charge is 2.44. The number of aromatic nitrogens is 2. The number of H-pyrrole nitrogens is 1. The first kappa shape index (κ1) is 17.9. The number of aryl methyl sites for hydroxylation is 2. The zero-order valence-electron chi connectivity index (χ0n) is 15.5. The number of urea groups is 1. The SMILES string of the molecule is CO[C@@H]1C[C@@H](c2nc(C)c(C)[nH]2)N(CCN2C(=O)NC(C)(C)C2=O)C1. The van der Waals surface area contributed by atoms with Crippen molar-refractivity contribution in [3.63, 3.8) is 0 Å². The van der Waals surface area contributed by atoms with Crippen LogP contribution in [0.1, 0.15) is 43.5 Å². The maximum absolute atomic E-state index is 12.3. The van der Waals surface area contributed by atoms with E-state index in [4.69, 9.17) is 4.74 Å². The van der Waals surface area contributed by atoms with E-state index >= 15 is 0 Å². The van der Waals surface area contributed by atoms with Gasteiger partial charge in [0.05, 0.1) is 17.8 Å². The van der Waals surface area contributed by atoms with Crippen molar-refractivity contribution in [2.24, 2.45) is 0 Å². The van der Waals surface area contributed by atoms with Crippen molar-refractivity contribution in [2.45, 2.75) is 51.8 Å². The zero-order valence-corrected chi connectivity index (χ0v) is 15.5. The minimum atomic E-state index is -0.828. The Morgan fingerprint density at radius 3 is 2.52 bits per heavy atom. The molecule has 1 aromatic heterocycles. The molecule has 0 spiro atoms. The molecule has 3 amide bonds. The van der Waals surface area contributed by atoms with Gasteiger partial charge in [-0.1, -0.05) is 0 Å². The summed E-state index contributed by atoms with van der Waals surface area (Å²) in [5.74, 6) is 0.744. The molecule has 2 atom stereocenters. The second kappa shape index (κ2) is 6.42. The molecule has 3 rings (SSSR count). The number of amides is 3. The van der Waals surface area contributed by atoms with E-state index in [9.17, 15) is 9.59 Å². The van der Waals surface area contributed by atoms with Crippen LogP contribution >= 0.6 is 0 Å². The highest BCUT2D eigenvalue weighted by Crippen LogP contribution is 2.32. The van der Waals surface area contributed by atoms with Gasteiger partial charge < -0.3 is 15.0 Å². The lowest BCUT2D eigenvalue weighted by Crippen LogP contribution is -2.42. The van der Waals surface area contributed by atoms with Crippen LogP contribution in [0, 0.1) is 13.8 Å². The molecule has 0 radical (unpaired) electrons. The Morgan fingerprint density at radius 1 is 1.28 bits per heavy atom. The molecular formula is C17H27N5O3. The van der Waals surface area contributed by atoms with Crippen molar-refractivity contribution in [1.29, 1.82) is 0 Å². The van der Waals surface area contributed by atoms with Gasteiger partial charge in [0.15, 0.2) is 0 Å². The summed E-state index contributed by atoms with van der Waals surface area (Å²) >= 11 is 0. The Bertz CT molecular complexity index is 664. The quantitative estimate of drug-likeness (QED) is 0.778. The van der Waals surface area contributed by atoms with E-state index in [1.807, 2.05) is 13.8 Å². The van der Waals surface area contributed by atoms with E-state index in [0.29, 0.717) is 13.1 Å². The molecule has 138 valence electrons. The van der Waals surface area contributed by atoms with Crippen LogP contribution in [0.3, 0.4) is 0 Å². The van der Waals surface area contributed by atoms with Gasteiger partial charge in [-0.05, 0) is 34.1 Å². The van der Waals surface area contributed by atoms with Crippen molar-refractivity contribution < 1.29 is 14.3 Å². The minimum absolute atomic E-state index is 0.103. The minimum Gasteiger partial charge on any atom is -0.380 e. The number of imide groups is 1. The molecule has 8 heteroatoms. The summed E-state index contributed by atoms with van der Waals surface area (Å²) in [7, 11) is 1.71. The standard InChI is InChI=1S/C17H27N5O3/c1-10-11(2)19-14(18-10)13-8-12(25-5)9-21(13)6-7-22-15(23)17(3,4)20-16(22)24/h12-13H,6-9H2,1-5H3,(H,18,19)(H,20,24)/t12-,13+/m1/s1. The fourth-order valence-electron chi connectivity index (χ4n) is 3.55. The van der Waals surface area contributed by atoms with Crippen molar-refractivity contribution in [1.82, 2.24) is 25.1 Å². The molecule has 3 heterocycles. The van der Waals surface area contributed by atoms with E-state index in [2.05, 4.69) is 20.2 Å². The van der Waals surface area contributed by atoms with Crippen molar-refractivity contribution in [2.75, 3.05) is 26.7 Å². The lowest BCUT2D eigenvalue weighted by Gasteiger charge is -2.25. The number of likely N-dealkylation sites (tertiary alicyclic amines) is 1. The normalized spacial score (nSPS) is 26.5. The van der Waals surface area contributed by atoms with Crippen molar-refractivity contribution in [3.8, 4) is 0 Å². The largest absolute Gasteiger partial charge is 0.380 e. The first-order valence-electron chi connectivity index (χ1n) is 8.67. The number of aromatic amines is 1. The van der Waals surface area contributed by atoms with Crippen LogP contribution in [-0.2, 0) is 9.53 Å². The number of carbonyl (C=O) groups excluding carboxylic acids is 2. The first-order chi connectivity index (χ1) is 11.7. The Morgan fingerprint density at radius 2 is 2.00 bits per heavy atom. The highest BCUT2D eigenvalue weighted by atomic mass is 16.5. The Balaban J connectivity index is 1.71. The molecule has 2 aliphatic heterocycles. The number of hydrogen-bond acceptors (Lipinski definition) is 5. The molecule has 2 saturated heterocycles. The fourth-order valence-corrected chi connectivity index (χ4v) is 3.55. The van der Waals surface area contributed by atoms with Gasteiger partial charge in [-0.15, -0.1) is 0 Å². The topological polar surface area (TPSA) is 90.6 Å². The summed E-state index contributed by atoms with van der Waals surface area (Å²) in [6, 6.07) is -0.218. The van der Waals surface area contributed by atoms with Crippen molar-refractivity contribution >= 4 is 11.9 Å². The molecule has 0 unspecified atom stereocenters. The highest BCUT2D eigenvalue weighted by molar-refractivity contribution is 6.06. The van der Waals surface area contributed by atoms with Gasteiger partial charge in [0, 0.05) is 32.4 Å². The van der Waals surface area contributed by atoms with Gasteiger partial charge in [-0.25, -0.2) is 9.78 Å². The Kier molecular flexibility index (Phi) is 4.59. The Hall–Kier alpha value is -1.93. The van der Waals surface area contributed by atoms with Crippen LogP contribution in [-0.4, -0.2) is 70.1 Å². The molecule has 0 aromatic carbocycles. The summed E-state index contributed by atoms with van der Waals surface area (Å²) in [4.78, 5) is 35.9. The zero-order chi connectivity index (χ0) is 18.4. The molecular weight excluding hydrogens is 322 g/mol. The van der Waals surface area contributed by atoms with E-state index in [1.165, 1.54) is 4.90 Å². The number of carbonyl (C=O) groups is 2. The third kappa shape index (κ3) is 3.28. The lowest BCUT2D eigenvalue weighted by molar-refractivity contribution is -0.130. The van der Waals surface area contributed by atoms with Crippen LogP contribution in [0.15, 0.2) is 0 Å². The number of nitrogens with zero attached hydrogens (tertiary/aromatic N) is 3. The smallest absolute Gasteiger partial charge is 0.325 e. The third-order valence-corrected chi connectivity index (χ3v) is 5.22. The van der Waals surface area contributed by atoms with Gasteiger partial charge in [-0.2, -0.15) is 0 Å². The predicted octanol–water partition coefficient (Wildman–Crippen LogP) is 1.12. The predicted molar refractivity (Wildman–Crippen MR) is 92.1 cm³/mol. The lowest BCUT2D eigenvalue weighted by atomic mass is 10.1. The van der Waals surface area contributed by atoms with Crippen molar-refractivity contribution in [3.05, 3.63) is 17.2 Å². The summed E-state index contributed by atoms with van der Waals surface area (Å²) in [6.45, 7) is 9.15.